The average molecular weight is 301 g/mol. The molecule has 0 aliphatic carbocycles. The fourth-order valence-corrected chi connectivity index (χ4v) is 2.25. The summed E-state index contributed by atoms with van der Waals surface area (Å²) in [6.45, 7) is 3.90. The van der Waals surface area contributed by atoms with Crippen LogP contribution in [0.2, 0.25) is 10.0 Å². The lowest BCUT2D eigenvalue weighted by Gasteiger charge is -2.18. The fourth-order valence-electron chi connectivity index (χ4n) is 1.67. The lowest BCUT2D eigenvalue weighted by Crippen LogP contribution is -2.22. The van der Waals surface area contributed by atoms with Gasteiger partial charge in [-0.3, -0.25) is 0 Å². The number of halogens is 2. The maximum atomic E-state index is 8.98. The number of hydrogen-bond acceptors (Lipinski definition) is 3. The molecule has 0 aliphatic heterocycles. The molecule has 2 N–H and O–H groups in total. The van der Waals surface area contributed by atoms with E-state index in [-0.39, 0.29) is 6.04 Å². The van der Waals surface area contributed by atoms with Gasteiger partial charge in [0, 0.05) is 11.1 Å². The van der Waals surface area contributed by atoms with Crippen LogP contribution in [0, 0.1) is 11.3 Å². The van der Waals surface area contributed by atoms with E-state index in [0.29, 0.717) is 28.6 Å². The molecule has 2 unspecified atom stereocenters. The molecule has 0 heterocycles. The van der Waals surface area contributed by atoms with Crippen molar-refractivity contribution in [3.63, 3.8) is 0 Å². The second kappa shape index (κ2) is 7.59. The molecular weight excluding hydrogens is 283 g/mol. The van der Waals surface area contributed by atoms with Gasteiger partial charge in [0.25, 0.3) is 0 Å². The van der Waals surface area contributed by atoms with Gasteiger partial charge in [-0.1, -0.05) is 37.0 Å². The third kappa shape index (κ3) is 4.58. The molecule has 5 heteroatoms. The van der Waals surface area contributed by atoms with Crippen LogP contribution in [0.15, 0.2) is 12.1 Å². The summed E-state index contributed by atoms with van der Waals surface area (Å²) >= 11 is 12.2. The van der Waals surface area contributed by atoms with Gasteiger partial charge in [-0.2, -0.15) is 5.26 Å². The zero-order valence-electron chi connectivity index (χ0n) is 11.1. The van der Waals surface area contributed by atoms with Gasteiger partial charge in [0.1, 0.15) is 11.8 Å². The number of nitriles is 1. The van der Waals surface area contributed by atoms with Crippen LogP contribution in [0.3, 0.4) is 0 Å². The molecule has 0 saturated carbocycles. The van der Waals surface area contributed by atoms with Crippen molar-refractivity contribution >= 4 is 23.2 Å². The second-order valence-electron chi connectivity index (χ2n) is 4.39. The van der Waals surface area contributed by atoms with Gasteiger partial charge in [0.05, 0.1) is 5.02 Å². The van der Waals surface area contributed by atoms with Crippen molar-refractivity contribution in [3.05, 3.63) is 27.7 Å². The number of hydrogen-bond donors (Lipinski definition) is 1. The molecule has 0 bridgehead atoms. The third-order valence-corrected chi connectivity index (χ3v) is 3.37. The Morgan fingerprint density at radius 3 is 2.53 bits per heavy atom. The first-order chi connectivity index (χ1) is 9.01. The van der Waals surface area contributed by atoms with Crippen LogP contribution in [0.5, 0.6) is 5.75 Å². The first-order valence-electron chi connectivity index (χ1n) is 6.31. The van der Waals surface area contributed by atoms with Gasteiger partial charge in [-0.25, -0.2) is 0 Å². The van der Waals surface area contributed by atoms with Crippen molar-refractivity contribution in [2.75, 3.05) is 0 Å². The highest BCUT2D eigenvalue weighted by Gasteiger charge is 2.16. The largest absolute Gasteiger partial charge is 0.474 e. The summed E-state index contributed by atoms with van der Waals surface area (Å²) < 4.78 is 5.67. The average Bonchev–Trinajstić information content (AvgIpc) is 2.38. The van der Waals surface area contributed by atoms with Crippen LogP contribution in [-0.4, -0.2) is 12.1 Å². The molecule has 0 fully saturated rings. The highest BCUT2D eigenvalue weighted by Crippen LogP contribution is 2.34. The topological polar surface area (TPSA) is 59.0 Å². The standard InChI is InChI=1S/C14H18Cl2N2O/c1-3-11(18)6-9-5-10(15)7-13(16)14(9)19-12(4-2)8-17/h5,7,11-12H,3-4,6,18H2,1-2H3. The minimum atomic E-state index is -0.518. The van der Waals surface area contributed by atoms with Crippen LogP contribution < -0.4 is 10.5 Å². The Morgan fingerprint density at radius 2 is 2.00 bits per heavy atom. The van der Waals surface area contributed by atoms with Crippen LogP contribution in [0.1, 0.15) is 32.3 Å². The highest BCUT2D eigenvalue weighted by molar-refractivity contribution is 6.35. The number of benzene rings is 1. The summed E-state index contributed by atoms with van der Waals surface area (Å²) in [5.74, 6) is 0.517. The van der Waals surface area contributed by atoms with Crippen molar-refractivity contribution in [1.29, 1.82) is 5.26 Å². The smallest absolute Gasteiger partial charge is 0.184 e. The summed E-state index contributed by atoms with van der Waals surface area (Å²) in [6, 6.07) is 5.51. The van der Waals surface area contributed by atoms with Crippen molar-refractivity contribution in [3.8, 4) is 11.8 Å². The van der Waals surface area contributed by atoms with E-state index >= 15 is 0 Å². The maximum Gasteiger partial charge on any atom is 0.184 e. The Hall–Kier alpha value is -0.950. The second-order valence-corrected chi connectivity index (χ2v) is 5.24. The molecule has 0 saturated heterocycles. The molecule has 19 heavy (non-hydrogen) atoms. The van der Waals surface area contributed by atoms with E-state index in [0.717, 1.165) is 12.0 Å². The lowest BCUT2D eigenvalue weighted by molar-refractivity contribution is 0.249. The first-order valence-corrected chi connectivity index (χ1v) is 7.07. The van der Waals surface area contributed by atoms with Crippen molar-refractivity contribution in [2.45, 2.75) is 45.3 Å². The van der Waals surface area contributed by atoms with E-state index < -0.39 is 6.10 Å². The first kappa shape index (κ1) is 16.1. The molecule has 0 aliphatic rings. The number of ether oxygens (including phenoxy) is 1. The van der Waals surface area contributed by atoms with Crippen molar-refractivity contribution in [1.82, 2.24) is 0 Å². The Morgan fingerprint density at radius 1 is 1.32 bits per heavy atom. The molecule has 2 atom stereocenters. The number of nitrogens with two attached hydrogens (primary N) is 1. The molecule has 1 rings (SSSR count). The molecule has 1 aromatic carbocycles. The summed E-state index contributed by atoms with van der Waals surface area (Å²) in [4.78, 5) is 0. The summed E-state index contributed by atoms with van der Waals surface area (Å²) in [5, 5.41) is 9.94. The molecule has 0 spiro atoms. The van der Waals surface area contributed by atoms with Crippen LogP contribution >= 0.6 is 23.2 Å². The molecule has 3 nitrogen and oxygen atoms in total. The molecule has 104 valence electrons. The van der Waals surface area contributed by atoms with Crippen LogP contribution in [0.4, 0.5) is 0 Å². The number of rotatable bonds is 6. The highest BCUT2D eigenvalue weighted by atomic mass is 35.5. The number of nitrogens with zero attached hydrogens (tertiary/aromatic N) is 1. The Balaban J connectivity index is 3.09. The third-order valence-electron chi connectivity index (χ3n) is 2.87. The Labute approximate surface area is 124 Å². The minimum absolute atomic E-state index is 0.0130. The Kier molecular flexibility index (Phi) is 6.44. The predicted octanol–water partition coefficient (Wildman–Crippen LogP) is 3.95. The zero-order valence-corrected chi connectivity index (χ0v) is 12.6. The monoisotopic (exact) mass is 300 g/mol. The van der Waals surface area contributed by atoms with Gasteiger partial charge >= 0.3 is 0 Å². The van der Waals surface area contributed by atoms with E-state index in [1.807, 2.05) is 13.8 Å². The maximum absolute atomic E-state index is 8.98. The van der Waals surface area contributed by atoms with Crippen LogP contribution in [0.25, 0.3) is 0 Å². The van der Waals surface area contributed by atoms with E-state index in [1.54, 1.807) is 12.1 Å². The summed E-state index contributed by atoms with van der Waals surface area (Å²) in [5.41, 5.74) is 6.81. The SMILES string of the molecule is CCC(N)Cc1cc(Cl)cc(Cl)c1OC(C#N)CC. The molecule has 0 amide bonds. The van der Waals surface area contributed by atoms with Gasteiger partial charge in [-0.15, -0.1) is 0 Å². The van der Waals surface area contributed by atoms with E-state index in [2.05, 4.69) is 6.07 Å². The van der Waals surface area contributed by atoms with Gasteiger partial charge in [0.15, 0.2) is 6.10 Å². The van der Waals surface area contributed by atoms with E-state index in [4.69, 9.17) is 38.9 Å². The van der Waals surface area contributed by atoms with E-state index in [1.165, 1.54) is 0 Å². The lowest BCUT2D eigenvalue weighted by atomic mass is 10.0. The quantitative estimate of drug-likeness (QED) is 0.865. The van der Waals surface area contributed by atoms with E-state index in [9.17, 15) is 0 Å². The van der Waals surface area contributed by atoms with Crippen molar-refractivity contribution < 1.29 is 4.74 Å². The zero-order chi connectivity index (χ0) is 14.4. The Bertz CT molecular complexity index is 471. The van der Waals surface area contributed by atoms with Gasteiger partial charge in [-0.05, 0) is 37.0 Å². The molecule has 1 aromatic rings. The normalized spacial score (nSPS) is 13.7. The predicted molar refractivity (Wildman–Crippen MR) is 78.8 cm³/mol. The van der Waals surface area contributed by atoms with Gasteiger partial charge < -0.3 is 10.5 Å². The molecule has 0 aromatic heterocycles. The summed E-state index contributed by atoms with van der Waals surface area (Å²) in [6.07, 6.45) is 1.54. The molecule has 0 radical (unpaired) electrons. The minimum Gasteiger partial charge on any atom is -0.474 e. The fraction of sp³-hybridized carbons (Fsp3) is 0.500. The van der Waals surface area contributed by atoms with Crippen LogP contribution in [-0.2, 0) is 6.42 Å². The molecular formula is C14H18Cl2N2O. The van der Waals surface area contributed by atoms with Crippen molar-refractivity contribution in [2.24, 2.45) is 5.73 Å². The summed E-state index contributed by atoms with van der Waals surface area (Å²) in [7, 11) is 0. The van der Waals surface area contributed by atoms with Gasteiger partial charge in [0.2, 0.25) is 0 Å².